The molecule has 19 heavy (non-hydrogen) atoms. The second-order valence-electron chi connectivity index (χ2n) is 4.53. The Morgan fingerprint density at radius 1 is 0.789 bits per heavy atom. The Hall–Kier alpha value is 0.0569. The maximum absolute atomic E-state index is 5.97. The lowest BCUT2D eigenvalue weighted by Gasteiger charge is -2.28. The molecule has 0 radical (unpaired) electrons. The zero-order valence-electron chi connectivity index (χ0n) is 13.4. The predicted molar refractivity (Wildman–Crippen MR) is 79.9 cm³/mol. The molecule has 0 rings (SSSR count). The monoisotopic (exact) mass is 292 g/mol. The van der Waals surface area contributed by atoms with Gasteiger partial charge >= 0.3 is 9.05 Å². The van der Waals surface area contributed by atoms with Crippen LogP contribution in [0.25, 0.3) is 0 Å². The summed E-state index contributed by atoms with van der Waals surface area (Å²) in [6.07, 6.45) is 4.78. The zero-order valence-corrected chi connectivity index (χ0v) is 14.4. The van der Waals surface area contributed by atoms with Crippen molar-refractivity contribution in [2.45, 2.75) is 60.3 Å². The zero-order chi connectivity index (χ0) is 14.6. The Bertz CT molecular complexity index is 185. The van der Waals surface area contributed by atoms with E-state index in [4.69, 9.17) is 17.7 Å². The number of hydrogen-bond donors (Lipinski definition) is 0. The number of hydrogen-bond acceptors (Lipinski definition) is 4. The Balaban J connectivity index is 4.42. The molecule has 116 valence electrons. The standard InChI is InChI=1S/C14H32O4Si/c1-6-11-12-14(7-2)13-18-19(15-8-3,16-9-4)17-10-5/h14H,6-13H2,1-5H3. The van der Waals surface area contributed by atoms with Crippen molar-refractivity contribution in [2.75, 3.05) is 26.4 Å². The van der Waals surface area contributed by atoms with Crippen molar-refractivity contribution in [1.29, 1.82) is 0 Å². The van der Waals surface area contributed by atoms with Gasteiger partial charge in [-0.2, -0.15) is 0 Å². The SMILES string of the molecule is CCCCC(CC)CO[Si](OCC)(OCC)OCC. The van der Waals surface area contributed by atoms with Gasteiger partial charge in [0.25, 0.3) is 0 Å². The highest BCUT2D eigenvalue weighted by Crippen LogP contribution is 2.18. The molecule has 0 aliphatic carbocycles. The molecule has 0 aromatic carbocycles. The molecule has 0 N–H and O–H groups in total. The maximum Gasteiger partial charge on any atom is 0.679 e. The third kappa shape index (κ3) is 8.04. The minimum absolute atomic E-state index is 0.554. The van der Waals surface area contributed by atoms with Gasteiger partial charge in [0.05, 0.1) is 0 Å². The highest BCUT2D eigenvalue weighted by atomic mass is 28.4. The van der Waals surface area contributed by atoms with Crippen molar-refractivity contribution < 1.29 is 17.7 Å². The maximum atomic E-state index is 5.97. The molecule has 0 spiro atoms. The lowest BCUT2D eigenvalue weighted by atomic mass is 10.0. The molecule has 0 fully saturated rings. The molecule has 5 heteroatoms. The molecule has 0 saturated heterocycles. The second kappa shape index (κ2) is 11.8. The first kappa shape index (κ1) is 19.1. The van der Waals surface area contributed by atoms with E-state index >= 15 is 0 Å². The molecule has 0 aliphatic rings. The summed E-state index contributed by atoms with van der Waals surface area (Å²) in [4.78, 5) is 0. The van der Waals surface area contributed by atoms with Crippen molar-refractivity contribution >= 4 is 9.05 Å². The fraction of sp³-hybridized carbons (Fsp3) is 1.00. The summed E-state index contributed by atoms with van der Waals surface area (Å²) >= 11 is 0. The summed E-state index contributed by atoms with van der Waals surface area (Å²) in [6.45, 7) is 12.6. The molecular weight excluding hydrogens is 260 g/mol. The second-order valence-corrected chi connectivity index (χ2v) is 6.68. The lowest BCUT2D eigenvalue weighted by molar-refractivity contribution is -0.0351. The molecule has 4 nitrogen and oxygen atoms in total. The molecule has 0 heterocycles. The van der Waals surface area contributed by atoms with Crippen LogP contribution < -0.4 is 0 Å². The van der Waals surface area contributed by atoms with Gasteiger partial charge in [-0.3, -0.25) is 0 Å². The third-order valence-electron chi connectivity index (χ3n) is 3.00. The van der Waals surface area contributed by atoms with Crippen molar-refractivity contribution in [3.8, 4) is 0 Å². The summed E-state index contributed by atoms with van der Waals surface area (Å²) in [5.41, 5.74) is 0. The molecule has 0 aromatic heterocycles. The quantitative estimate of drug-likeness (QED) is 0.484. The molecule has 1 unspecified atom stereocenters. The van der Waals surface area contributed by atoms with Gasteiger partial charge in [0.15, 0.2) is 0 Å². The van der Waals surface area contributed by atoms with Crippen molar-refractivity contribution in [3.05, 3.63) is 0 Å². The van der Waals surface area contributed by atoms with Crippen LogP contribution in [-0.4, -0.2) is 35.5 Å². The first-order valence-corrected chi connectivity index (χ1v) is 9.36. The average Bonchev–Trinajstić information content (AvgIpc) is 2.40. The van der Waals surface area contributed by atoms with Crippen LogP contribution in [-0.2, 0) is 17.7 Å². The van der Waals surface area contributed by atoms with E-state index in [1.54, 1.807) is 0 Å². The Kier molecular flexibility index (Phi) is 11.9. The minimum Gasteiger partial charge on any atom is -0.351 e. The largest absolute Gasteiger partial charge is 0.679 e. The molecule has 0 saturated carbocycles. The summed E-state index contributed by atoms with van der Waals surface area (Å²) in [6, 6.07) is 0. The topological polar surface area (TPSA) is 36.9 Å². The van der Waals surface area contributed by atoms with Gasteiger partial charge in [-0.1, -0.05) is 33.1 Å². The van der Waals surface area contributed by atoms with E-state index in [1.807, 2.05) is 20.8 Å². The summed E-state index contributed by atoms with van der Waals surface area (Å²) in [5, 5.41) is 0. The van der Waals surface area contributed by atoms with Gasteiger partial charge < -0.3 is 17.7 Å². The normalized spacial score (nSPS) is 13.7. The Morgan fingerprint density at radius 3 is 1.68 bits per heavy atom. The van der Waals surface area contributed by atoms with E-state index in [1.165, 1.54) is 19.3 Å². The van der Waals surface area contributed by atoms with Crippen LogP contribution in [0.2, 0.25) is 0 Å². The van der Waals surface area contributed by atoms with Gasteiger partial charge in [-0.15, -0.1) is 0 Å². The van der Waals surface area contributed by atoms with Gasteiger partial charge in [0.1, 0.15) is 0 Å². The molecule has 0 aromatic rings. The minimum atomic E-state index is -2.91. The van der Waals surface area contributed by atoms with E-state index in [9.17, 15) is 0 Å². The highest BCUT2D eigenvalue weighted by Gasteiger charge is 2.45. The van der Waals surface area contributed by atoms with Crippen molar-refractivity contribution in [3.63, 3.8) is 0 Å². The van der Waals surface area contributed by atoms with E-state index in [-0.39, 0.29) is 0 Å². The summed E-state index contributed by atoms with van der Waals surface area (Å²) in [7, 11) is -2.91. The highest BCUT2D eigenvalue weighted by molar-refractivity contribution is 6.53. The van der Waals surface area contributed by atoms with E-state index in [0.29, 0.717) is 32.3 Å². The first-order chi connectivity index (χ1) is 9.17. The fourth-order valence-electron chi connectivity index (χ4n) is 1.90. The van der Waals surface area contributed by atoms with Crippen molar-refractivity contribution in [2.24, 2.45) is 5.92 Å². The van der Waals surface area contributed by atoms with Crippen LogP contribution in [0.1, 0.15) is 60.3 Å². The Morgan fingerprint density at radius 2 is 1.32 bits per heavy atom. The van der Waals surface area contributed by atoms with Crippen LogP contribution in [0.4, 0.5) is 0 Å². The van der Waals surface area contributed by atoms with E-state index < -0.39 is 9.05 Å². The number of unbranched alkanes of at least 4 members (excludes halogenated alkanes) is 1. The van der Waals surface area contributed by atoms with E-state index in [2.05, 4.69) is 13.8 Å². The van der Waals surface area contributed by atoms with Gasteiger partial charge in [-0.05, 0) is 33.1 Å². The predicted octanol–water partition coefficient (Wildman–Crippen LogP) is 3.76. The van der Waals surface area contributed by atoms with E-state index in [0.717, 1.165) is 6.42 Å². The van der Waals surface area contributed by atoms with Crippen molar-refractivity contribution in [1.82, 2.24) is 0 Å². The Labute approximate surface area is 120 Å². The van der Waals surface area contributed by atoms with Crippen LogP contribution in [0.3, 0.4) is 0 Å². The molecule has 0 aliphatic heterocycles. The molecule has 0 bridgehead atoms. The van der Waals surface area contributed by atoms with Crippen LogP contribution in [0, 0.1) is 5.92 Å². The molecule has 0 amide bonds. The van der Waals surface area contributed by atoms with Crippen LogP contribution >= 0.6 is 0 Å². The summed E-state index contributed by atoms with van der Waals surface area (Å²) in [5.74, 6) is 0.563. The summed E-state index contributed by atoms with van der Waals surface area (Å²) < 4.78 is 23.0. The van der Waals surface area contributed by atoms with Crippen LogP contribution in [0.15, 0.2) is 0 Å². The molecule has 1 atom stereocenters. The van der Waals surface area contributed by atoms with Gasteiger partial charge in [-0.25, -0.2) is 0 Å². The lowest BCUT2D eigenvalue weighted by Crippen LogP contribution is -2.50. The first-order valence-electron chi connectivity index (χ1n) is 7.73. The van der Waals surface area contributed by atoms with Gasteiger partial charge in [0, 0.05) is 26.4 Å². The fourth-order valence-corrected chi connectivity index (χ4v) is 3.90. The van der Waals surface area contributed by atoms with Gasteiger partial charge in [0.2, 0.25) is 0 Å². The number of rotatable bonds is 13. The third-order valence-corrected chi connectivity index (χ3v) is 5.45. The van der Waals surface area contributed by atoms with Crippen LogP contribution in [0.5, 0.6) is 0 Å². The smallest absolute Gasteiger partial charge is 0.351 e. The average molecular weight is 292 g/mol. The molecular formula is C14H32O4Si.